The number of nitrogens with one attached hydrogen (secondary N) is 1. The van der Waals surface area contributed by atoms with Crippen molar-refractivity contribution in [2.75, 3.05) is 5.32 Å². The van der Waals surface area contributed by atoms with Crippen molar-refractivity contribution in [3.05, 3.63) is 65.7 Å². The van der Waals surface area contributed by atoms with Gasteiger partial charge in [-0.1, -0.05) is 49.1 Å². The van der Waals surface area contributed by atoms with E-state index in [9.17, 15) is 4.79 Å². The zero-order valence-corrected chi connectivity index (χ0v) is 11.5. The summed E-state index contributed by atoms with van der Waals surface area (Å²) in [6.07, 6.45) is 1.86. The van der Waals surface area contributed by atoms with Gasteiger partial charge in [0.15, 0.2) is 0 Å². The number of hydrogen-bond donors (Lipinski definition) is 1. The number of amides is 1. The molecule has 2 aromatic carbocycles. The molecule has 0 aromatic heterocycles. The van der Waals surface area contributed by atoms with Gasteiger partial charge in [-0.3, -0.25) is 4.79 Å². The fourth-order valence-electron chi connectivity index (χ4n) is 1.79. The van der Waals surface area contributed by atoms with E-state index >= 15 is 0 Å². The van der Waals surface area contributed by atoms with Crippen LogP contribution in [-0.2, 0) is 0 Å². The highest BCUT2D eigenvalue weighted by atomic mass is 16.1. The van der Waals surface area contributed by atoms with Gasteiger partial charge in [-0.05, 0) is 30.7 Å². The van der Waals surface area contributed by atoms with E-state index in [2.05, 4.69) is 24.1 Å². The molecule has 0 aliphatic heterocycles. The molecular formula is C18H17NO. The number of unbranched alkanes of at least 4 members (excludes halogenated alkanes) is 1. The number of carbonyl (C=O) groups is 1. The Morgan fingerprint density at radius 2 is 1.75 bits per heavy atom. The molecule has 0 radical (unpaired) electrons. The van der Waals surface area contributed by atoms with Gasteiger partial charge in [0.1, 0.15) is 0 Å². The number of para-hydroxylation sites is 1. The highest BCUT2D eigenvalue weighted by Gasteiger charge is 2.09. The third-order valence-electron chi connectivity index (χ3n) is 2.80. The van der Waals surface area contributed by atoms with Crippen molar-refractivity contribution >= 4 is 11.6 Å². The van der Waals surface area contributed by atoms with Crippen molar-refractivity contribution < 1.29 is 4.79 Å². The number of benzene rings is 2. The van der Waals surface area contributed by atoms with Crippen molar-refractivity contribution in [3.8, 4) is 11.8 Å². The summed E-state index contributed by atoms with van der Waals surface area (Å²) in [5, 5.41) is 2.88. The van der Waals surface area contributed by atoms with Gasteiger partial charge < -0.3 is 5.32 Å². The first-order chi connectivity index (χ1) is 9.81. The molecule has 0 heterocycles. The molecule has 1 N–H and O–H groups in total. The van der Waals surface area contributed by atoms with Crippen LogP contribution in [0.25, 0.3) is 0 Å². The second-order valence-electron chi connectivity index (χ2n) is 4.42. The summed E-state index contributed by atoms with van der Waals surface area (Å²) in [7, 11) is 0. The molecule has 0 fully saturated rings. The minimum absolute atomic E-state index is 0.127. The van der Waals surface area contributed by atoms with Crippen LogP contribution in [0.5, 0.6) is 0 Å². The van der Waals surface area contributed by atoms with E-state index in [0.29, 0.717) is 5.56 Å². The molecule has 0 spiro atoms. The Kier molecular flexibility index (Phi) is 4.97. The number of carbonyl (C=O) groups excluding carboxylic acids is 1. The zero-order valence-electron chi connectivity index (χ0n) is 11.5. The summed E-state index contributed by atoms with van der Waals surface area (Å²) >= 11 is 0. The first-order valence-electron chi connectivity index (χ1n) is 6.75. The quantitative estimate of drug-likeness (QED) is 0.830. The average molecular weight is 263 g/mol. The van der Waals surface area contributed by atoms with Crippen LogP contribution in [0.4, 0.5) is 5.69 Å². The van der Waals surface area contributed by atoms with E-state index in [0.717, 1.165) is 24.1 Å². The van der Waals surface area contributed by atoms with E-state index in [4.69, 9.17) is 0 Å². The van der Waals surface area contributed by atoms with Crippen LogP contribution in [0.15, 0.2) is 54.6 Å². The summed E-state index contributed by atoms with van der Waals surface area (Å²) in [5.74, 6) is 6.02. The molecule has 0 saturated heterocycles. The molecule has 0 saturated carbocycles. The molecule has 0 aliphatic carbocycles. The number of hydrogen-bond acceptors (Lipinski definition) is 1. The third kappa shape index (κ3) is 3.73. The molecule has 2 heteroatoms. The Morgan fingerprint density at radius 3 is 2.50 bits per heavy atom. The van der Waals surface area contributed by atoms with Crippen LogP contribution in [-0.4, -0.2) is 5.91 Å². The fourth-order valence-corrected chi connectivity index (χ4v) is 1.79. The maximum Gasteiger partial charge on any atom is 0.256 e. The molecular weight excluding hydrogens is 246 g/mol. The summed E-state index contributed by atoms with van der Waals surface area (Å²) in [4.78, 5) is 12.3. The van der Waals surface area contributed by atoms with Gasteiger partial charge >= 0.3 is 0 Å². The smallest absolute Gasteiger partial charge is 0.256 e. The molecule has 0 aliphatic rings. The molecule has 1 amide bonds. The van der Waals surface area contributed by atoms with E-state index in [1.165, 1.54) is 0 Å². The first-order valence-corrected chi connectivity index (χ1v) is 6.75. The summed E-state index contributed by atoms with van der Waals surface area (Å²) in [6, 6.07) is 16.9. The summed E-state index contributed by atoms with van der Waals surface area (Å²) < 4.78 is 0. The molecule has 0 bridgehead atoms. The zero-order chi connectivity index (χ0) is 14.2. The van der Waals surface area contributed by atoms with Crippen molar-refractivity contribution in [1.82, 2.24) is 0 Å². The molecule has 0 atom stereocenters. The standard InChI is InChI=1S/C18H17NO/c1-2-3-5-10-15-11-8-9-14-17(15)18(20)19-16-12-6-4-7-13-16/h4,6-9,11-14H,2-3H2,1H3,(H,19,20). The van der Waals surface area contributed by atoms with Gasteiger partial charge in [-0.15, -0.1) is 0 Å². The lowest BCUT2D eigenvalue weighted by atomic mass is 10.1. The van der Waals surface area contributed by atoms with Crippen LogP contribution in [0.2, 0.25) is 0 Å². The van der Waals surface area contributed by atoms with Gasteiger partial charge in [0.2, 0.25) is 0 Å². The third-order valence-corrected chi connectivity index (χ3v) is 2.80. The van der Waals surface area contributed by atoms with Gasteiger partial charge in [0.25, 0.3) is 5.91 Å². The van der Waals surface area contributed by atoms with Crippen molar-refractivity contribution in [3.63, 3.8) is 0 Å². The minimum Gasteiger partial charge on any atom is -0.322 e. The lowest BCUT2D eigenvalue weighted by Crippen LogP contribution is -2.13. The molecule has 20 heavy (non-hydrogen) atoms. The monoisotopic (exact) mass is 263 g/mol. The number of rotatable bonds is 3. The largest absolute Gasteiger partial charge is 0.322 e. The average Bonchev–Trinajstić information content (AvgIpc) is 2.49. The Labute approximate surface area is 119 Å². The van der Waals surface area contributed by atoms with E-state index in [1.807, 2.05) is 48.5 Å². The van der Waals surface area contributed by atoms with Crippen LogP contribution in [0.3, 0.4) is 0 Å². The highest BCUT2D eigenvalue weighted by Crippen LogP contribution is 2.12. The summed E-state index contributed by atoms with van der Waals surface area (Å²) in [5.41, 5.74) is 2.17. The normalized spacial score (nSPS) is 9.45. The highest BCUT2D eigenvalue weighted by molar-refractivity contribution is 6.05. The maximum absolute atomic E-state index is 12.3. The first kappa shape index (κ1) is 13.9. The maximum atomic E-state index is 12.3. The van der Waals surface area contributed by atoms with Crippen molar-refractivity contribution in [2.45, 2.75) is 19.8 Å². The van der Waals surface area contributed by atoms with E-state index in [1.54, 1.807) is 6.07 Å². The Balaban J connectivity index is 2.20. The molecule has 0 unspecified atom stereocenters. The summed E-state index contributed by atoms with van der Waals surface area (Å²) in [6.45, 7) is 2.09. The lowest BCUT2D eigenvalue weighted by molar-refractivity contribution is 0.102. The van der Waals surface area contributed by atoms with Gasteiger partial charge in [-0.2, -0.15) is 0 Å². The van der Waals surface area contributed by atoms with Crippen LogP contribution >= 0.6 is 0 Å². The number of anilines is 1. The predicted molar refractivity (Wildman–Crippen MR) is 82.6 cm³/mol. The molecule has 100 valence electrons. The topological polar surface area (TPSA) is 29.1 Å². The lowest BCUT2D eigenvalue weighted by Gasteiger charge is -2.06. The van der Waals surface area contributed by atoms with Crippen LogP contribution in [0, 0.1) is 11.8 Å². The fraction of sp³-hybridized carbons (Fsp3) is 0.167. The Hall–Kier alpha value is -2.53. The van der Waals surface area contributed by atoms with Crippen molar-refractivity contribution in [1.29, 1.82) is 0 Å². The molecule has 2 nitrogen and oxygen atoms in total. The van der Waals surface area contributed by atoms with E-state index < -0.39 is 0 Å². The van der Waals surface area contributed by atoms with Gasteiger partial charge in [0, 0.05) is 17.7 Å². The Bertz CT molecular complexity index is 635. The van der Waals surface area contributed by atoms with Gasteiger partial charge in [-0.25, -0.2) is 0 Å². The van der Waals surface area contributed by atoms with Gasteiger partial charge in [0.05, 0.1) is 5.56 Å². The SMILES string of the molecule is CCCC#Cc1ccccc1C(=O)Nc1ccccc1. The second-order valence-corrected chi connectivity index (χ2v) is 4.42. The van der Waals surface area contributed by atoms with Crippen molar-refractivity contribution in [2.24, 2.45) is 0 Å². The minimum atomic E-state index is -0.127. The molecule has 2 rings (SSSR count). The second kappa shape index (κ2) is 7.16. The predicted octanol–water partition coefficient (Wildman–Crippen LogP) is 4.09. The van der Waals surface area contributed by atoms with Crippen LogP contribution < -0.4 is 5.32 Å². The molecule has 2 aromatic rings. The van der Waals surface area contributed by atoms with E-state index in [-0.39, 0.29) is 5.91 Å². The van der Waals surface area contributed by atoms with Crippen LogP contribution in [0.1, 0.15) is 35.7 Å². The Morgan fingerprint density at radius 1 is 1.05 bits per heavy atom.